The van der Waals surface area contributed by atoms with Gasteiger partial charge in [-0.25, -0.2) is 0 Å². The lowest BCUT2D eigenvalue weighted by molar-refractivity contribution is -0.334. The van der Waals surface area contributed by atoms with Gasteiger partial charge in [-0.2, -0.15) is 0 Å². The summed E-state index contributed by atoms with van der Waals surface area (Å²) in [7, 11) is 1.81. The summed E-state index contributed by atoms with van der Waals surface area (Å²) in [6, 6.07) is 0.237. The Morgan fingerprint density at radius 3 is 2.79 bits per heavy atom. The molecule has 1 radical (unpaired) electrons. The summed E-state index contributed by atoms with van der Waals surface area (Å²) in [5.41, 5.74) is -0.0818. The van der Waals surface area contributed by atoms with Crippen LogP contribution in [0.4, 0.5) is 0 Å². The first-order chi connectivity index (χ1) is 6.57. The van der Waals surface area contributed by atoms with E-state index in [1.807, 2.05) is 7.11 Å². The molecule has 14 heavy (non-hydrogen) atoms. The third-order valence-corrected chi connectivity index (χ3v) is 4.60. The van der Waals surface area contributed by atoms with Crippen LogP contribution in [0.15, 0.2) is 0 Å². The largest absolute Gasteiger partial charge is 0.378 e. The molecule has 0 aromatic heterocycles. The minimum atomic E-state index is -0.125. The van der Waals surface area contributed by atoms with Crippen molar-refractivity contribution in [1.29, 1.82) is 0 Å². The fraction of sp³-hybridized carbons (Fsp3) is 1.00. The molecular weight excluding hydrogens is 178 g/mol. The molecule has 0 aromatic rings. The second-order valence-electron chi connectivity index (χ2n) is 5.75. The smallest absolute Gasteiger partial charge is 0.0715 e. The molecule has 0 amide bonds. The Balaban J connectivity index is 1.98. The van der Waals surface area contributed by atoms with Crippen molar-refractivity contribution in [2.24, 2.45) is 5.92 Å². The molecule has 0 spiro atoms. The first-order valence-electron chi connectivity index (χ1n) is 5.59. The Labute approximate surface area is 85.0 Å². The summed E-state index contributed by atoms with van der Waals surface area (Å²) in [6.45, 7) is 2.12. The molecule has 3 heteroatoms. The highest BCUT2D eigenvalue weighted by molar-refractivity contribution is 5.12. The van der Waals surface area contributed by atoms with Gasteiger partial charge >= 0.3 is 0 Å². The molecule has 2 saturated heterocycles. The number of nitrogens with zero attached hydrogens (tertiary/aromatic N) is 1. The minimum Gasteiger partial charge on any atom is -0.378 e. The quantitative estimate of drug-likeness (QED) is 0.640. The summed E-state index contributed by atoms with van der Waals surface area (Å²) in [6.07, 6.45) is 5.26. The molecule has 2 aliphatic carbocycles. The van der Waals surface area contributed by atoms with E-state index in [4.69, 9.17) is 4.74 Å². The van der Waals surface area contributed by atoms with Gasteiger partial charge in [0.15, 0.2) is 0 Å². The van der Waals surface area contributed by atoms with Crippen LogP contribution in [0.25, 0.3) is 0 Å². The van der Waals surface area contributed by atoms with Crippen molar-refractivity contribution in [3.8, 4) is 0 Å². The summed E-state index contributed by atoms with van der Waals surface area (Å²) >= 11 is 0. The molecule has 4 rings (SSSR count). The number of ether oxygens (including phenoxy) is 1. The number of hydroxylamine groups is 2. The fourth-order valence-corrected chi connectivity index (χ4v) is 4.30. The summed E-state index contributed by atoms with van der Waals surface area (Å²) in [5, 5.41) is 13.4. The van der Waals surface area contributed by atoms with Crippen LogP contribution in [0.5, 0.6) is 0 Å². The highest BCUT2D eigenvalue weighted by Crippen LogP contribution is 2.56. The Morgan fingerprint density at radius 2 is 2.14 bits per heavy atom. The summed E-state index contributed by atoms with van der Waals surface area (Å²) in [5.74, 6) is 0.734. The van der Waals surface area contributed by atoms with Crippen LogP contribution >= 0.6 is 0 Å². The van der Waals surface area contributed by atoms with Crippen molar-refractivity contribution >= 4 is 0 Å². The van der Waals surface area contributed by atoms with E-state index >= 15 is 0 Å². The molecule has 4 atom stereocenters. The second kappa shape index (κ2) is 2.52. The van der Waals surface area contributed by atoms with Gasteiger partial charge in [-0.15, -0.1) is 10.3 Å². The van der Waals surface area contributed by atoms with Crippen molar-refractivity contribution in [2.75, 3.05) is 7.11 Å². The van der Waals surface area contributed by atoms with Crippen molar-refractivity contribution in [3.63, 3.8) is 0 Å². The number of piperidine rings is 2. The summed E-state index contributed by atoms with van der Waals surface area (Å²) < 4.78 is 5.70. The van der Waals surface area contributed by atoms with Crippen LogP contribution in [0.2, 0.25) is 0 Å². The average Bonchev–Trinajstić information content (AvgIpc) is 2.12. The molecule has 3 nitrogen and oxygen atoms in total. The fourth-order valence-electron chi connectivity index (χ4n) is 4.30. The normalized spacial score (nSPS) is 56.8. The van der Waals surface area contributed by atoms with E-state index in [2.05, 4.69) is 6.92 Å². The van der Waals surface area contributed by atoms with Gasteiger partial charge in [-0.1, -0.05) is 0 Å². The highest BCUT2D eigenvalue weighted by Gasteiger charge is 2.60. The third-order valence-electron chi connectivity index (χ3n) is 4.60. The van der Waals surface area contributed by atoms with E-state index < -0.39 is 0 Å². The van der Waals surface area contributed by atoms with E-state index in [-0.39, 0.29) is 17.2 Å². The van der Waals surface area contributed by atoms with E-state index in [9.17, 15) is 5.21 Å². The van der Waals surface area contributed by atoms with E-state index in [0.717, 1.165) is 31.6 Å². The predicted molar refractivity (Wildman–Crippen MR) is 51.0 cm³/mol. The van der Waals surface area contributed by atoms with Gasteiger partial charge in [0.1, 0.15) is 0 Å². The maximum Gasteiger partial charge on any atom is 0.0715 e. The zero-order chi connectivity index (χ0) is 9.97. The van der Waals surface area contributed by atoms with Crippen LogP contribution in [-0.2, 0) is 9.94 Å². The zero-order valence-corrected chi connectivity index (χ0v) is 8.95. The maximum atomic E-state index is 12.0. The minimum absolute atomic E-state index is 0.0431. The van der Waals surface area contributed by atoms with Gasteiger partial charge in [0.2, 0.25) is 0 Å². The lowest BCUT2D eigenvalue weighted by Gasteiger charge is -2.62. The predicted octanol–water partition coefficient (Wildman–Crippen LogP) is 1.75. The molecule has 4 aliphatic rings. The molecular formula is C11H18NO2. The summed E-state index contributed by atoms with van der Waals surface area (Å²) in [4.78, 5) is 0. The number of rotatable bonds is 1. The Bertz CT molecular complexity index is 264. The van der Waals surface area contributed by atoms with Gasteiger partial charge in [0.25, 0.3) is 0 Å². The Hall–Kier alpha value is -0.120. The van der Waals surface area contributed by atoms with E-state index in [0.29, 0.717) is 0 Å². The lowest BCUT2D eigenvalue weighted by Crippen LogP contribution is -2.68. The molecule has 2 aliphatic heterocycles. The van der Waals surface area contributed by atoms with Crippen LogP contribution in [0.1, 0.15) is 39.0 Å². The Kier molecular flexibility index (Phi) is 1.64. The second-order valence-corrected chi connectivity index (χ2v) is 5.75. The number of hydrogen-bond donors (Lipinski definition) is 0. The van der Waals surface area contributed by atoms with Crippen LogP contribution in [-0.4, -0.2) is 29.4 Å². The monoisotopic (exact) mass is 196 g/mol. The van der Waals surface area contributed by atoms with Crippen molar-refractivity contribution in [2.45, 2.75) is 56.2 Å². The molecule has 4 unspecified atom stereocenters. The average molecular weight is 196 g/mol. The van der Waals surface area contributed by atoms with Gasteiger partial charge < -0.3 is 4.74 Å². The van der Waals surface area contributed by atoms with Crippen molar-refractivity contribution < 1.29 is 9.94 Å². The molecule has 0 aromatic carbocycles. The number of methoxy groups -OCH3 is 1. The molecule has 2 saturated carbocycles. The topological polar surface area (TPSA) is 32.4 Å². The van der Waals surface area contributed by atoms with E-state index in [1.165, 1.54) is 11.5 Å². The first-order valence-corrected chi connectivity index (χ1v) is 5.59. The SMILES string of the molecule is COC12CC3CC(C1)N([O])C(C)(C3)C2. The van der Waals surface area contributed by atoms with Gasteiger partial charge in [0.05, 0.1) is 5.60 Å². The maximum absolute atomic E-state index is 12.0. The molecule has 4 fully saturated rings. The van der Waals surface area contributed by atoms with Crippen LogP contribution in [0, 0.1) is 5.92 Å². The van der Waals surface area contributed by atoms with Gasteiger partial charge in [-0.05, 0) is 44.9 Å². The zero-order valence-electron chi connectivity index (χ0n) is 8.95. The van der Waals surface area contributed by atoms with Crippen LogP contribution < -0.4 is 0 Å². The third kappa shape index (κ3) is 0.980. The number of hydrogen-bond acceptors (Lipinski definition) is 2. The van der Waals surface area contributed by atoms with Gasteiger partial charge in [0, 0.05) is 18.7 Å². The lowest BCUT2D eigenvalue weighted by atomic mass is 9.57. The molecule has 4 bridgehead atoms. The van der Waals surface area contributed by atoms with Crippen molar-refractivity contribution in [3.05, 3.63) is 0 Å². The first kappa shape index (κ1) is 9.13. The van der Waals surface area contributed by atoms with Crippen molar-refractivity contribution in [1.82, 2.24) is 5.06 Å². The molecule has 79 valence electrons. The molecule has 2 heterocycles. The Morgan fingerprint density at radius 1 is 1.36 bits per heavy atom. The van der Waals surface area contributed by atoms with E-state index in [1.54, 1.807) is 0 Å². The highest BCUT2D eigenvalue weighted by atomic mass is 16.5. The molecule has 0 N–H and O–H groups in total. The van der Waals surface area contributed by atoms with Gasteiger partial charge in [-0.3, -0.25) is 0 Å². The van der Waals surface area contributed by atoms with Crippen LogP contribution in [0.3, 0.4) is 0 Å². The standard InChI is InChI=1S/C11H18NO2/c1-10-4-8-3-9(12(10)13)6-11(5-8,7-10)14-2/h8-9H,3-7H2,1-2H3.